The Balaban J connectivity index is 1.60. The highest BCUT2D eigenvalue weighted by atomic mass is 16.2. The van der Waals surface area contributed by atoms with E-state index in [0.29, 0.717) is 19.6 Å². The van der Waals surface area contributed by atoms with Crippen molar-refractivity contribution < 1.29 is 9.59 Å². The fourth-order valence-corrected chi connectivity index (χ4v) is 5.62. The molecule has 1 saturated carbocycles. The Labute approximate surface area is 180 Å². The average Bonchev–Trinajstić information content (AvgIpc) is 3.11. The summed E-state index contributed by atoms with van der Waals surface area (Å²) in [5, 5.41) is 6.37. The zero-order valence-corrected chi connectivity index (χ0v) is 19.6. The number of hydrogen-bond acceptors (Lipinski definition) is 4. The minimum atomic E-state index is -0.0901. The molecule has 30 heavy (non-hydrogen) atoms. The van der Waals surface area contributed by atoms with E-state index >= 15 is 0 Å². The van der Waals surface area contributed by atoms with Gasteiger partial charge >= 0.3 is 12.1 Å². The number of rotatable bonds is 3. The van der Waals surface area contributed by atoms with Crippen molar-refractivity contribution >= 4 is 23.7 Å². The van der Waals surface area contributed by atoms with Crippen LogP contribution < -0.4 is 10.6 Å². The predicted molar refractivity (Wildman–Crippen MR) is 120 cm³/mol. The van der Waals surface area contributed by atoms with Gasteiger partial charge in [-0.05, 0) is 57.8 Å². The second kappa shape index (κ2) is 8.19. The van der Waals surface area contributed by atoms with Gasteiger partial charge in [0.15, 0.2) is 0 Å². The minimum Gasteiger partial charge on any atom is -0.337 e. The van der Waals surface area contributed by atoms with E-state index in [4.69, 9.17) is 0 Å². The molecule has 4 amide bonds. The Hall–Kier alpha value is -2.12. The van der Waals surface area contributed by atoms with Crippen molar-refractivity contribution in [3.63, 3.8) is 0 Å². The van der Waals surface area contributed by atoms with Crippen LogP contribution in [0.3, 0.4) is 0 Å². The van der Waals surface area contributed by atoms with Crippen LogP contribution in [0.2, 0.25) is 0 Å². The number of nitrogens with one attached hydrogen (secondary N) is 2. The van der Waals surface area contributed by atoms with Crippen molar-refractivity contribution in [1.82, 2.24) is 20.4 Å². The van der Waals surface area contributed by atoms with Gasteiger partial charge in [0.1, 0.15) is 11.7 Å². The van der Waals surface area contributed by atoms with Gasteiger partial charge in [-0.25, -0.2) is 9.59 Å². The van der Waals surface area contributed by atoms with Crippen molar-refractivity contribution in [3.8, 4) is 0 Å². The quantitative estimate of drug-likeness (QED) is 0.737. The van der Waals surface area contributed by atoms with Crippen LogP contribution in [0.1, 0.15) is 67.7 Å². The molecule has 2 heterocycles. The maximum atomic E-state index is 12.8. The predicted octanol–water partition coefficient (Wildman–Crippen LogP) is 3.24. The fourth-order valence-electron chi connectivity index (χ4n) is 5.62. The van der Waals surface area contributed by atoms with Gasteiger partial charge in [0.05, 0.1) is 25.2 Å². The lowest BCUT2D eigenvalue weighted by Gasteiger charge is -2.47. The molecule has 1 fully saturated rings. The summed E-state index contributed by atoms with van der Waals surface area (Å²) in [6, 6.07) is 0.234. The summed E-state index contributed by atoms with van der Waals surface area (Å²) in [4.78, 5) is 37.9. The molecule has 2 N–H and O–H groups in total. The highest BCUT2D eigenvalue weighted by Gasteiger charge is 2.43. The van der Waals surface area contributed by atoms with Crippen LogP contribution in [-0.2, 0) is 0 Å². The van der Waals surface area contributed by atoms with Crippen LogP contribution in [-0.4, -0.2) is 71.3 Å². The third-order valence-electron chi connectivity index (χ3n) is 6.42. The summed E-state index contributed by atoms with van der Waals surface area (Å²) in [6.07, 6.45) is 2.76. The molecule has 0 spiro atoms. The zero-order chi connectivity index (χ0) is 22.3. The average molecular weight is 419 g/mol. The molecule has 0 aromatic carbocycles. The van der Waals surface area contributed by atoms with Gasteiger partial charge < -0.3 is 10.6 Å². The zero-order valence-electron chi connectivity index (χ0n) is 19.6. The standard InChI is InChI=1S/C22H38N6O2/c1-14-10-27(16(3)24-14)19(29)23-13-22(7)9-18(8-21(5,6)12-22)26-20(30)28-11-15(2)25-17(28)4/h14-15,18H,8-13H2,1-7H3,(H,23,29)(H,26,30). The van der Waals surface area contributed by atoms with Crippen LogP contribution in [0, 0.1) is 10.8 Å². The van der Waals surface area contributed by atoms with Crippen molar-refractivity contribution in [3.05, 3.63) is 0 Å². The summed E-state index contributed by atoms with van der Waals surface area (Å²) in [7, 11) is 0. The first kappa shape index (κ1) is 22.6. The van der Waals surface area contributed by atoms with Gasteiger partial charge in [-0.1, -0.05) is 20.8 Å². The normalized spacial score (nSPS) is 33.2. The van der Waals surface area contributed by atoms with Crippen LogP contribution in [0.4, 0.5) is 9.59 Å². The van der Waals surface area contributed by atoms with Crippen molar-refractivity contribution in [2.45, 2.75) is 85.9 Å². The number of nitrogens with zero attached hydrogens (tertiary/aromatic N) is 4. The molecular weight excluding hydrogens is 380 g/mol. The van der Waals surface area contributed by atoms with E-state index in [-0.39, 0.29) is 41.0 Å². The third-order valence-corrected chi connectivity index (χ3v) is 6.42. The topological polar surface area (TPSA) is 89.4 Å². The van der Waals surface area contributed by atoms with Crippen molar-refractivity contribution in [2.75, 3.05) is 19.6 Å². The first-order chi connectivity index (χ1) is 13.9. The second-order valence-electron chi connectivity index (χ2n) is 10.6. The molecule has 0 saturated heterocycles. The van der Waals surface area contributed by atoms with E-state index in [9.17, 15) is 9.59 Å². The van der Waals surface area contributed by atoms with Gasteiger partial charge in [0, 0.05) is 12.6 Å². The third kappa shape index (κ3) is 5.13. The molecule has 8 nitrogen and oxygen atoms in total. The van der Waals surface area contributed by atoms with Crippen LogP contribution in [0.15, 0.2) is 9.98 Å². The van der Waals surface area contributed by atoms with Crippen LogP contribution in [0.5, 0.6) is 0 Å². The fraction of sp³-hybridized carbons (Fsp3) is 0.818. The summed E-state index contributed by atoms with van der Waals surface area (Å²) < 4.78 is 0. The van der Waals surface area contributed by atoms with Crippen LogP contribution >= 0.6 is 0 Å². The van der Waals surface area contributed by atoms with Gasteiger partial charge in [-0.15, -0.1) is 0 Å². The SMILES string of the molecule is CC1=NC(C)CN1C(=O)NCC1(C)CC(NC(=O)N2CC(C)N=C2C)CC(C)(C)C1. The number of amidine groups is 2. The maximum Gasteiger partial charge on any atom is 0.323 e. The largest absolute Gasteiger partial charge is 0.337 e. The smallest absolute Gasteiger partial charge is 0.323 e. The summed E-state index contributed by atoms with van der Waals surface area (Å²) >= 11 is 0. The molecule has 3 aliphatic rings. The first-order valence-electron chi connectivity index (χ1n) is 11.1. The van der Waals surface area contributed by atoms with E-state index in [0.717, 1.165) is 30.9 Å². The van der Waals surface area contributed by atoms with E-state index in [1.807, 2.05) is 27.7 Å². The Morgan fingerprint density at radius 3 is 2.00 bits per heavy atom. The van der Waals surface area contributed by atoms with Gasteiger partial charge in [-0.3, -0.25) is 19.8 Å². The molecule has 4 atom stereocenters. The number of aliphatic imine (C=N–C) groups is 2. The van der Waals surface area contributed by atoms with E-state index in [1.54, 1.807) is 9.80 Å². The van der Waals surface area contributed by atoms with E-state index < -0.39 is 0 Å². The molecular formula is C22H38N6O2. The number of amides is 4. The lowest BCUT2D eigenvalue weighted by Crippen LogP contribution is -2.54. The Bertz CT molecular complexity index is 761. The van der Waals surface area contributed by atoms with Gasteiger partial charge in [0.25, 0.3) is 0 Å². The highest BCUT2D eigenvalue weighted by Crippen LogP contribution is 2.45. The number of carbonyl (C=O) groups is 2. The number of carbonyl (C=O) groups excluding carboxylic acids is 2. The highest BCUT2D eigenvalue weighted by molar-refractivity contribution is 5.98. The van der Waals surface area contributed by atoms with Crippen molar-refractivity contribution in [2.24, 2.45) is 20.8 Å². The van der Waals surface area contributed by atoms with Gasteiger partial charge in [0.2, 0.25) is 0 Å². The molecule has 8 heteroatoms. The van der Waals surface area contributed by atoms with Gasteiger partial charge in [-0.2, -0.15) is 0 Å². The molecule has 0 bridgehead atoms. The second-order valence-corrected chi connectivity index (χ2v) is 10.6. The van der Waals surface area contributed by atoms with E-state index in [1.165, 1.54) is 0 Å². The lowest BCUT2D eigenvalue weighted by molar-refractivity contribution is 0.0729. The molecule has 0 aromatic rings. The minimum absolute atomic E-state index is 0.0624. The molecule has 168 valence electrons. The lowest BCUT2D eigenvalue weighted by atomic mass is 9.62. The first-order valence-corrected chi connectivity index (χ1v) is 11.1. The molecule has 2 aliphatic heterocycles. The summed E-state index contributed by atoms with van der Waals surface area (Å²) in [6.45, 7) is 16.4. The maximum absolute atomic E-state index is 12.8. The van der Waals surface area contributed by atoms with Crippen LogP contribution in [0.25, 0.3) is 0 Å². The van der Waals surface area contributed by atoms with E-state index in [2.05, 4.69) is 41.4 Å². The van der Waals surface area contributed by atoms with Crippen molar-refractivity contribution in [1.29, 1.82) is 0 Å². The molecule has 0 radical (unpaired) electrons. The molecule has 4 unspecified atom stereocenters. The Morgan fingerprint density at radius 2 is 1.50 bits per heavy atom. The number of hydrogen-bond donors (Lipinski definition) is 2. The molecule has 0 aromatic heterocycles. The summed E-state index contributed by atoms with van der Waals surface area (Å²) in [5.41, 5.74) is -0.0101. The summed E-state index contributed by atoms with van der Waals surface area (Å²) in [5.74, 6) is 1.55. The monoisotopic (exact) mass is 418 g/mol. The number of urea groups is 2. The Morgan fingerprint density at radius 1 is 0.967 bits per heavy atom. The molecule has 1 aliphatic carbocycles. The Kier molecular flexibility index (Phi) is 6.16. The molecule has 3 rings (SSSR count).